The zero-order valence-corrected chi connectivity index (χ0v) is 10.4. The molecule has 0 radical (unpaired) electrons. The standard InChI is InChI=1S/C10H24N4O/c1-8(6-9(11)13-15)12-7-10(2,3)14(4)5/h8,12,15H,6-7H2,1-5H3,(H2,11,13). The number of amidine groups is 1. The Morgan fingerprint density at radius 3 is 2.47 bits per heavy atom. The van der Waals surface area contributed by atoms with Crippen LogP contribution in [0.4, 0.5) is 0 Å². The highest BCUT2D eigenvalue weighted by Gasteiger charge is 2.20. The number of rotatable bonds is 6. The molecule has 0 saturated heterocycles. The largest absolute Gasteiger partial charge is 0.409 e. The third kappa shape index (κ3) is 5.59. The van der Waals surface area contributed by atoms with Crippen LogP contribution >= 0.6 is 0 Å². The van der Waals surface area contributed by atoms with E-state index in [4.69, 9.17) is 10.9 Å². The molecule has 1 unspecified atom stereocenters. The lowest BCUT2D eigenvalue weighted by molar-refractivity contribution is 0.185. The average molecular weight is 216 g/mol. The van der Waals surface area contributed by atoms with Crippen molar-refractivity contribution >= 4 is 5.84 Å². The van der Waals surface area contributed by atoms with Gasteiger partial charge in [0.2, 0.25) is 0 Å². The van der Waals surface area contributed by atoms with Crippen molar-refractivity contribution in [1.29, 1.82) is 0 Å². The maximum absolute atomic E-state index is 8.43. The second kappa shape index (κ2) is 5.92. The molecule has 0 aliphatic carbocycles. The molecule has 0 bridgehead atoms. The van der Waals surface area contributed by atoms with Crippen LogP contribution in [0.3, 0.4) is 0 Å². The highest BCUT2D eigenvalue weighted by molar-refractivity contribution is 5.80. The molecule has 5 nitrogen and oxygen atoms in total. The van der Waals surface area contributed by atoms with Crippen molar-refractivity contribution in [3.05, 3.63) is 0 Å². The van der Waals surface area contributed by atoms with Crippen molar-refractivity contribution < 1.29 is 5.21 Å². The van der Waals surface area contributed by atoms with Crippen LogP contribution in [0, 0.1) is 0 Å². The molecule has 0 fully saturated rings. The van der Waals surface area contributed by atoms with Gasteiger partial charge in [-0.25, -0.2) is 0 Å². The molecule has 90 valence electrons. The van der Waals surface area contributed by atoms with Crippen LogP contribution in [-0.4, -0.2) is 48.2 Å². The van der Waals surface area contributed by atoms with E-state index in [9.17, 15) is 0 Å². The van der Waals surface area contributed by atoms with E-state index in [1.807, 2.05) is 6.92 Å². The monoisotopic (exact) mass is 216 g/mol. The SMILES string of the molecule is CC(CC(N)=NO)NCC(C)(C)N(C)C. The van der Waals surface area contributed by atoms with E-state index in [1.165, 1.54) is 0 Å². The summed E-state index contributed by atoms with van der Waals surface area (Å²) in [6.45, 7) is 7.20. The minimum Gasteiger partial charge on any atom is -0.409 e. The molecule has 15 heavy (non-hydrogen) atoms. The smallest absolute Gasteiger partial charge is 0.140 e. The van der Waals surface area contributed by atoms with Crippen LogP contribution in [0.2, 0.25) is 0 Å². The lowest BCUT2D eigenvalue weighted by Gasteiger charge is -2.34. The molecule has 0 amide bonds. The number of likely N-dealkylation sites (N-methyl/N-ethyl adjacent to an activating group) is 1. The van der Waals surface area contributed by atoms with Crippen molar-refractivity contribution in [1.82, 2.24) is 10.2 Å². The molecule has 0 aliphatic rings. The van der Waals surface area contributed by atoms with E-state index in [0.717, 1.165) is 6.54 Å². The maximum Gasteiger partial charge on any atom is 0.140 e. The van der Waals surface area contributed by atoms with Gasteiger partial charge in [-0.3, -0.25) is 0 Å². The van der Waals surface area contributed by atoms with Gasteiger partial charge in [0.1, 0.15) is 5.84 Å². The van der Waals surface area contributed by atoms with Gasteiger partial charge in [-0.05, 0) is 34.9 Å². The predicted molar refractivity (Wildman–Crippen MR) is 63.3 cm³/mol. The highest BCUT2D eigenvalue weighted by atomic mass is 16.4. The average Bonchev–Trinajstić information content (AvgIpc) is 2.14. The van der Waals surface area contributed by atoms with Crippen LogP contribution in [0.15, 0.2) is 5.16 Å². The van der Waals surface area contributed by atoms with E-state index in [0.29, 0.717) is 6.42 Å². The third-order valence-electron chi connectivity index (χ3n) is 2.74. The summed E-state index contributed by atoms with van der Waals surface area (Å²) in [4.78, 5) is 2.16. The molecule has 4 N–H and O–H groups in total. The van der Waals surface area contributed by atoms with E-state index in [1.54, 1.807) is 0 Å². The Balaban J connectivity index is 3.95. The third-order valence-corrected chi connectivity index (χ3v) is 2.74. The van der Waals surface area contributed by atoms with Crippen molar-refractivity contribution in [2.45, 2.75) is 38.8 Å². The molecule has 0 aliphatic heterocycles. The van der Waals surface area contributed by atoms with E-state index in [-0.39, 0.29) is 17.4 Å². The first-order valence-electron chi connectivity index (χ1n) is 5.17. The fraction of sp³-hybridized carbons (Fsp3) is 0.900. The summed E-state index contributed by atoms with van der Waals surface area (Å²) in [7, 11) is 4.10. The Bertz CT molecular complexity index is 213. The molecular formula is C10H24N4O. The van der Waals surface area contributed by atoms with Crippen molar-refractivity contribution in [3.8, 4) is 0 Å². The molecule has 0 aromatic heterocycles. The molecule has 0 aromatic carbocycles. The Morgan fingerprint density at radius 2 is 2.07 bits per heavy atom. The molecule has 0 spiro atoms. The number of hydrogen-bond donors (Lipinski definition) is 3. The Hall–Kier alpha value is -0.810. The van der Waals surface area contributed by atoms with Gasteiger partial charge >= 0.3 is 0 Å². The molecule has 0 rings (SSSR count). The number of nitrogens with zero attached hydrogens (tertiary/aromatic N) is 2. The summed E-state index contributed by atoms with van der Waals surface area (Å²) in [6.07, 6.45) is 0.556. The summed E-state index contributed by atoms with van der Waals surface area (Å²) < 4.78 is 0. The maximum atomic E-state index is 8.43. The first-order valence-corrected chi connectivity index (χ1v) is 5.17. The van der Waals surface area contributed by atoms with Crippen molar-refractivity contribution in [2.24, 2.45) is 10.9 Å². The minimum atomic E-state index is 0.0966. The molecule has 0 saturated carbocycles. The first kappa shape index (κ1) is 14.2. The minimum absolute atomic E-state index is 0.0966. The molecular weight excluding hydrogens is 192 g/mol. The lowest BCUT2D eigenvalue weighted by Crippen LogP contribution is -2.49. The van der Waals surface area contributed by atoms with Gasteiger partial charge in [0.25, 0.3) is 0 Å². The highest BCUT2D eigenvalue weighted by Crippen LogP contribution is 2.08. The molecule has 0 aromatic rings. The number of nitrogens with two attached hydrogens (primary N) is 1. The normalized spacial score (nSPS) is 15.7. The van der Waals surface area contributed by atoms with Gasteiger partial charge in [-0.2, -0.15) is 0 Å². The molecule has 1 atom stereocenters. The van der Waals surface area contributed by atoms with Crippen LogP contribution < -0.4 is 11.1 Å². The van der Waals surface area contributed by atoms with Crippen LogP contribution in [0.1, 0.15) is 27.2 Å². The summed E-state index contributed by atoms with van der Waals surface area (Å²) in [5, 5.41) is 14.7. The summed E-state index contributed by atoms with van der Waals surface area (Å²) in [5.41, 5.74) is 5.52. The summed E-state index contributed by atoms with van der Waals surface area (Å²) >= 11 is 0. The van der Waals surface area contributed by atoms with Gasteiger partial charge in [0.15, 0.2) is 0 Å². The van der Waals surface area contributed by atoms with E-state index in [2.05, 4.69) is 43.3 Å². The summed E-state index contributed by atoms with van der Waals surface area (Å²) in [6, 6.07) is 0.208. The van der Waals surface area contributed by atoms with Gasteiger partial charge in [-0.15, -0.1) is 0 Å². The van der Waals surface area contributed by atoms with Crippen molar-refractivity contribution in [3.63, 3.8) is 0 Å². The van der Waals surface area contributed by atoms with Crippen LogP contribution in [0.25, 0.3) is 0 Å². The quantitative estimate of drug-likeness (QED) is 0.261. The van der Waals surface area contributed by atoms with Gasteiger partial charge in [0.05, 0.1) is 0 Å². The first-order chi connectivity index (χ1) is 6.79. The van der Waals surface area contributed by atoms with E-state index < -0.39 is 0 Å². The van der Waals surface area contributed by atoms with Gasteiger partial charge in [0, 0.05) is 24.5 Å². The topological polar surface area (TPSA) is 73.9 Å². The Labute approximate surface area is 92.3 Å². The van der Waals surface area contributed by atoms with Gasteiger partial charge in [-0.1, -0.05) is 5.16 Å². The number of oxime groups is 1. The predicted octanol–water partition coefficient (Wildman–Crippen LogP) is 0.441. The van der Waals surface area contributed by atoms with Gasteiger partial charge < -0.3 is 21.2 Å². The Kier molecular flexibility index (Phi) is 5.60. The fourth-order valence-electron chi connectivity index (χ4n) is 1.01. The lowest BCUT2D eigenvalue weighted by atomic mass is 10.0. The van der Waals surface area contributed by atoms with Crippen molar-refractivity contribution in [2.75, 3.05) is 20.6 Å². The fourth-order valence-corrected chi connectivity index (χ4v) is 1.01. The summed E-state index contributed by atoms with van der Waals surface area (Å²) in [5.74, 6) is 0.262. The molecule has 5 heteroatoms. The second-order valence-electron chi connectivity index (χ2n) is 4.78. The zero-order valence-electron chi connectivity index (χ0n) is 10.4. The number of nitrogens with one attached hydrogen (secondary N) is 1. The van der Waals surface area contributed by atoms with E-state index >= 15 is 0 Å². The molecule has 0 heterocycles. The zero-order chi connectivity index (χ0) is 12.1. The number of hydrogen-bond acceptors (Lipinski definition) is 4. The van der Waals surface area contributed by atoms with Crippen LogP contribution in [0.5, 0.6) is 0 Å². The second-order valence-corrected chi connectivity index (χ2v) is 4.78. The van der Waals surface area contributed by atoms with Crippen LogP contribution in [-0.2, 0) is 0 Å². The Morgan fingerprint density at radius 1 is 1.53 bits per heavy atom.